The predicted octanol–water partition coefficient (Wildman–Crippen LogP) is 2.95. The standard InChI is InChI=1S/C9H13F3O3S/c1-7-3-2-4-8(6-5-7)15-16(13,14)9(10,11)12/h4,7H,2-3,5-6H2,1H3/t7-/m0/s1/i8+1. The van der Waals surface area contributed by atoms with E-state index >= 15 is 0 Å². The Hall–Kier alpha value is -0.720. The van der Waals surface area contributed by atoms with Crippen molar-refractivity contribution < 1.29 is 25.8 Å². The SMILES string of the molecule is C[C@H]1CCC=[13C](OS(=O)(=O)C(F)(F)F)CC1. The summed E-state index contributed by atoms with van der Waals surface area (Å²) in [4.78, 5) is 0. The number of rotatable bonds is 2. The van der Waals surface area contributed by atoms with Crippen LogP contribution in [0.1, 0.15) is 32.6 Å². The minimum Gasteiger partial charge on any atom is -0.381 e. The van der Waals surface area contributed by atoms with Crippen LogP contribution in [0.25, 0.3) is 0 Å². The van der Waals surface area contributed by atoms with Gasteiger partial charge < -0.3 is 4.18 Å². The molecule has 0 saturated heterocycles. The van der Waals surface area contributed by atoms with Gasteiger partial charge in [-0.3, -0.25) is 0 Å². The summed E-state index contributed by atoms with van der Waals surface area (Å²) in [7, 11) is -5.50. The van der Waals surface area contributed by atoms with Gasteiger partial charge in [0.25, 0.3) is 0 Å². The van der Waals surface area contributed by atoms with Gasteiger partial charge in [-0.15, -0.1) is 0 Å². The first kappa shape index (κ1) is 13.3. The van der Waals surface area contributed by atoms with Gasteiger partial charge in [-0.25, -0.2) is 0 Å². The maximum Gasteiger partial charge on any atom is 0.534 e. The van der Waals surface area contributed by atoms with Crippen LogP contribution < -0.4 is 0 Å². The molecule has 0 aliphatic heterocycles. The normalized spacial score (nSPS) is 23.5. The molecule has 1 atom stereocenters. The average Bonchev–Trinajstić information content (AvgIpc) is 2.28. The zero-order valence-electron chi connectivity index (χ0n) is 8.75. The lowest BCUT2D eigenvalue weighted by atomic mass is 10.0. The zero-order chi connectivity index (χ0) is 12.4. The number of allylic oxidation sites excluding steroid dienone is 2. The van der Waals surface area contributed by atoms with Crippen molar-refractivity contribution in [2.45, 2.75) is 38.1 Å². The van der Waals surface area contributed by atoms with Crippen molar-refractivity contribution in [2.75, 3.05) is 0 Å². The summed E-state index contributed by atoms with van der Waals surface area (Å²) in [5.74, 6) is 0.271. The molecule has 0 fully saturated rings. The van der Waals surface area contributed by atoms with E-state index in [-0.39, 0.29) is 12.2 Å². The summed E-state index contributed by atoms with van der Waals surface area (Å²) < 4.78 is 61.6. The molecule has 94 valence electrons. The number of alkyl halides is 3. The molecule has 3 nitrogen and oxygen atoms in total. The highest BCUT2D eigenvalue weighted by Gasteiger charge is 2.48. The van der Waals surface area contributed by atoms with Crippen LogP contribution in [0, 0.1) is 5.92 Å². The second-order valence-electron chi connectivity index (χ2n) is 3.87. The first-order valence-electron chi connectivity index (χ1n) is 4.92. The van der Waals surface area contributed by atoms with Gasteiger partial charge in [0, 0.05) is 6.42 Å². The van der Waals surface area contributed by atoms with Gasteiger partial charge in [0.1, 0.15) is 5.76 Å². The van der Waals surface area contributed by atoms with E-state index in [1.54, 1.807) is 0 Å². The van der Waals surface area contributed by atoms with E-state index in [2.05, 4.69) is 4.18 Å². The third-order valence-electron chi connectivity index (χ3n) is 2.42. The summed E-state index contributed by atoms with van der Waals surface area (Å²) in [6.45, 7) is 1.97. The van der Waals surface area contributed by atoms with Gasteiger partial charge in [0.15, 0.2) is 0 Å². The third kappa shape index (κ3) is 3.40. The molecule has 7 heteroatoms. The molecule has 0 unspecified atom stereocenters. The first-order valence-corrected chi connectivity index (χ1v) is 6.33. The Bertz CT molecular complexity index is 370. The Morgan fingerprint density at radius 1 is 1.38 bits per heavy atom. The minimum atomic E-state index is -5.50. The quantitative estimate of drug-likeness (QED) is 0.435. The molecule has 0 heterocycles. The summed E-state index contributed by atoms with van der Waals surface area (Å²) in [5.41, 5.74) is -5.36. The van der Waals surface area contributed by atoms with Crippen molar-refractivity contribution >= 4 is 10.1 Å². The van der Waals surface area contributed by atoms with Crippen LogP contribution >= 0.6 is 0 Å². The van der Waals surface area contributed by atoms with Crippen LogP contribution in [0.4, 0.5) is 13.2 Å². The Balaban J connectivity index is 2.71. The highest BCUT2D eigenvalue weighted by Crippen LogP contribution is 2.30. The van der Waals surface area contributed by atoms with Gasteiger partial charge in [-0.05, 0) is 31.3 Å². The van der Waals surface area contributed by atoms with Crippen molar-refractivity contribution in [3.05, 3.63) is 11.8 Å². The zero-order valence-corrected chi connectivity index (χ0v) is 9.57. The van der Waals surface area contributed by atoms with E-state index in [9.17, 15) is 21.6 Å². The molecule has 1 aliphatic rings. The van der Waals surface area contributed by atoms with E-state index < -0.39 is 15.6 Å². The van der Waals surface area contributed by atoms with Crippen molar-refractivity contribution in [3.63, 3.8) is 0 Å². The van der Waals surface area contributed by atoms with E-state index in [1.165, 1.54) is 6.08 Å². The summed E-state index contributed by atoms with van der Waals surface area (Å²) >= 11 is 0. The maximum absolute atomic E-state index is 12.0. The topological polar surface area (TPSA) is 43.4 Å². The highest BCUT2D eigenvalue weighted by atomic mass is 32.2. The van der Waals surface area contributed by atoms with Crippen LogP contribution in [-0.2, 0) is 14.3 Å². The predicted molar refractivity (Wildman–Crippen MR) is 51.8 cm³/mol. The van der Waals surface area contributed by atoms with Crippen molar-refractivity contribution in [1.82, 2.24) is 0 Å². The van der Waals surface area contributed by atoms with Gasteiger partial charge >= 0.3 is 15.6 Å². The van der Waals surface area contributed by atoms with E-state index in [0.29, 0.717) is 18.8 Å². The molecule has 0 amide bonds. The van der Waals surface area contributed by atoms with E-state index in [1.807, 2.05) is 6.92 Å². The number of hydrogen-bond donors (Lipinski definition) is 0. The molecule has 0 radical (unpaired) electrons. The summed E-state index contributed by atoms with van der Waals surface area (Å²) in [6, 6.07) is 0. The smallest absolute Gasteiger partial charge is 0.381 e. The second kappa shape index (κ2) is 4.65. The fourth-order valence-electron chi connectivity index (χ4n) is 1.43. The van der Waals surface area contributed by atoms with Gasteiger partial charge in [-0.1, -0.05) is 6.92 Å². The van der Waals surface area contributed by atoms with Crippen molar-refractivity contribution in [3.8, 4) is 0 Å². The highest BCUT2D eigenvalue weighted by molar-refractivity contribution is 7.87. The molecule has 0 aromatic rings. The van der Waals surface area contributed by atoms with Gasteiger partial charge in [0.05, 0.1) is 0 Å². The fourth-order valence-corrected chi connectivity index (χ4v) is 1.96. The largest absolute Gasteiger partial charge is 0.534 e. The van der Waals surface area contributed by atoms with E-state index in [0.717, 1.165) is 6.42 Å². The molecule has 0 aromatic carbocycles. The third-order valence-corrected chi connectivity index (χ3v) is 3.42. The van der Waals surface area contributed by atoms with Crippen LogP contribution in [0.3, 0.4) is 0 Å². The Morgan fingerprint density at radius 2 is 2.00 bits per heavy atom. The Kier molecular flexibility index (Phi) is 3.88. The first-order chi connectivity index (χ1) is 7.22. The van der Waals surface area contributed by atoms with E-state index in [4.69, 9.17) is 0 Å². The Morgan fingerprint density at radius 3 is 2.56 bits per heavy atom. The second-order valence-corrected chi connectivity index (χ2v) is 5.41. The molecule has 16 heavy (non-hydrogen) atoms. The van der Waals surface area contributed by atoms with Crippen LogP contribution in [0.5, 0.6) is 0 Å². The van der Waals surface area contributed by atoms with Crippen LogP contribution in [0.15, 0.2) is 11.8 Å². The number of hydrogen-bond acceptors (Lipinski definition) is 3. The maximum atomic E-state index is 12.0. The van der Waals surface area contributed by atoms with Crippen LogP contribution in [0.2, 0.25) is 0 Å². The minimum absolute atomic E-state index is 0.0957. The average molecular weight is 259 g/mol. The molecule has 1 aliphatic carbocycles. The molecule has 0 spiro atoms. The molecule has 0 bridgehead atoms. The lowest BCUT2D eigenvalue weighted by molar-refractivity contribution is -0.0523. The van der Waals surface area contributed by atoms with Crippen LogP contribution in [-0.4, -0.2) is 13.9 Å². The fraction of sp³-hybridized carbons (Fsp3) is 0.778. The molecular formula is C9H13F3O3S. The molecular weight excluding hydrogens is 246 g/mol. The molecule has 0 N–H and O–H groups in total. The molecule has 0 saturated carbocycles. The Labute approximate surface area is 92.4 Å². The van der Waals surface area contributed by atoms with Gasteiger partial charge in [-0.2, -0.15) is 21.6 Å². The molecule has 0 aromatic heterocycles. The number of halogens is 3. The van der Waals surface area contributed by atoms with Crippen molar-refractivity contribution in [2.24, 2.45) is 5.92 Å². The summed E-state index contributed by atoms with van der Waals surface area (Å²) in [6.07, 6.45) is 3.67. The summed E-state index contributed by atoms with van der Waals surface area (Å²) in [5, 5.41) is 0. The monoisotopic (exact) mass is 259 g/mol. The molecule has 1 rings (SSSR count). The van der Waals surface area contributed by atoms with Gasteiger partial charge in [0.2, 0.25) is 0 Å². The lowest BCUT2D eigenvalue weighted by Crippen LogP contribution is -2.25. The lowest BCUT2D eigenvalue weighted by Gasteiger charge is -2.11. The van der Waals surface area contributed by atoms with Crippen molar-refractivity contribution in [1.29, 1.82) is 0 Å².